The van der Waals surface area contributed by atoms with Crippen molar-refractivity contribution in [2.24, 2.45) is 5.92 Å². The van der Waals surface area contributed by atoms with Crippen molar-refractivity contribution in [1.82, 2.24) is 0 Å². The van der Waals surface area contributed by atoms with E-state index in [2.05, 4.69) is 15.9 Å². The summed E-state index contributed by atoms with van der Waals surface area (Å²) in [4.78, 5) is 35.3. The molecule has 0 unspecified atom stereocenters. The van der Waals surface area contributed by atoms with E-state index in [0.717, 1.165) is 26.5 Å². The highest BCUT2D eigenvalue weighted by Crippen LogP contribution is 2.50. The van der Waals surface area contributed by atoms with Crippen LogP contribution in [0.25, 0.3) is 10.8 Å². The van der Waals surface area contributed by atoms with Crippen LogP contribution in [0.2, 0.25) is 0 Å². The van der Waals surface area contributed by atoms with E-state index in [9.17, 15) is 9.59 Å². The maximum atomic E-state index is 14.0. The first-order valence-corrected chi connectivity index (χ1v) is 12.1. The number of hydrogen-bond acceptors (Lipinski definition) is 5. The van der Waals surface area contributed by atoms with Crippen molar-refractivity contribution in [3.63, 3.8) is 0 Å². The molecule has 35 heavy (non-hydrogen) atoms. The highest BCUT2D eigenvalue weighted by Gasteiger charge is 2.61. The lowest BCUT2D eigenvalue weighted by atomic mass is 9.90. The molecule has 0 spiro atoms. The first-order chi connectivity index (χ1) is 17.1. The lowest BCUT2D eigenvalue weighted by molar-refractivity contribution is -0.126. The molecule has 2 aliphatic heterocycles. The van der Waals surface area contributed by atoms with Crippen LogP contribution in [0.15, 0.2) is 95.5 Å². The molecule has 0 aliphatic carbocycles. The molecule has 2 fully saturated rings. The first kappa shape index (κ1) is 21.8. The maximum absolute atomic E-state index is 14.0. The highest BCUT2D eigenvalue weighted by molar-refractivity contribution is 9.10. The minimum Gasteiger partial charge on any atom is -0.496 e. The molecule has 174 valence electrons. The Morgan fingerprint density at radius 1 is 0.857 bits per heavy atom. The number of amides is 2. The molecule has 4 aromatic rings. The molecule has 2 heterocycles. The van der Waals surface area contributed by atoms with Gasteiger partial charge in [-0.2, -0.15) is 0 Å². The number of carbonyl (C=O) groups is 2. The van der Waals surface area contributed by atoms with Gasteiger partial charge in [0, 0.05) is 15.4 Å². The van der Waals surface area contributed by atoms with Crippen LogP contribution in [0, 0.1) is 5.92 Å². The van der Waals surface area contributed by atoms with Crippen molar-refractivity contribution in [3.8, 4) is 5.75 Å². The van der Waals surface area contributed by atoms with Gasteiger partial charge in [-0.15, -0.1) is 0 Å². The number of rotatable bonds is 4. The third kappa shape index (κ3) is 3.42. The normalized spacial score (nSPS) is 21.6. The number of carbonyl (C=O) groups excluding carboxylic acids is 2. The quantitative estimate of drug-likeness (QED) is 0.320. The maximum Gasteiger partial charge on any atom is 0.266 e. The number of hydroxylamine groups is 1. The molecule has 6 rings (SSSR count). The predicted octanol–water partition coefficient (Wildman–Crippen LogP) is 5.66. The second-order valence-corrected chi connectivity index (χ2v) is 9.47. The standard InChI is InChI=1S/C28H21BrN2O4/c1-34-23-15-14-18(29)16-21(23)25-24-26(35-31(25)19-10-3-2-4-11-19)28(33)30(27(24)32)22-13-7-9-17-8-5-6-12-20(17)22/h2-16,24-26H,1H3/t24-,25+,26+/m1/s1. The summed E-state index contributed by atoms with van der Waals surface area (Å²) < 4.78 is 6.50. The minimum atomic E-state index is -0.949. The summed E-state index contributed by atoms with van der Waals surface area (Å²) in [5.41, 5.74) is 2.09. The van der Waals surface area contributed by atoms with Gasteiger partial charge in [-0.25, -0.2) is 9.96 Å². The van der Waals surface area contributed by atoms with E-state index in [1.165, 1.54) is 4.90 Å². The Bertz CT molecular complexity index is 1450. The average Bonchev–Trinajstić information content (AvgIpc) is 3.40. The Hall–Kier alpha value is -3.68. The van der Waals surface area contributed by atoms with Gasteiger partial charge in [0.1, 0.15) is 11.7 Å². The lowest BCUT2D eigenvalue weighted by Crippen LogP contribution is -2.37. The van der Waals surface area contributed by atoms with Gasteiger partial charge >= 0.3 is 0 Å². The summed E-state index contributed by atoms with van der Waals surface area (Å²) in [6, 6.07) is 27.9. The third-order valence-electron chi connectivity index (χ3n) is 6.64. The number of fused-ring (bicyclic) bond motifs is 2. The second-order valence-electron chi connectivity index (χ2n) is 8.55. The topological polar surface area (TPSA) is 59.1 Å². The molecule has 2 saturated heterocycles. The number of methoxy groups -OCH3 is 1. The zero-order chi connectivity index (χ0) is 24.1. The Morgan fingerprint density at radius 3 is 2.40 bits per heavy atom. The van der Waals surface area contributed by atoms with E-state index in [4.69, 9.17) is 9.57 Å². The van der Waals surface area contributed by atoms with Gasteiger partial charge in [-0.05, 0) is 41.8 Å². The zero-order valence-corrected chi connectivity index (χ0v) is 20.4. The Morgan fingerprint density at radius 2 is 1.60 bits per heavy atom. The van der Waals surface area contributed by atoms with Crippen molar-refractivity contribution in [2.45, 2.75) is 12.1 Å². The van der Waals surface area contributed by atoms with Crippen molar-refractivity contribution < 1.29 is 19.2 Å². The Labute approximate surface area is 210 Å². The highest BCUT2D eigenvalue weighted by atomic mass is 79.9. The molecule has 2 aliphatic rings. The van der Waals surface area contributed by atoms with Crippen LogP contribution in [0.3, 0.4) is 0 Å². The SMILES string of the molecule is COc1ccc(Br)cc1[C@H]1[C@H]2C(=O)N(c3cccc4ccccc34)C(=O)[C@H]2ON1c1ccccc1. The van der Waals surface area contributed by atoms with E-state index in [1.807, 2.05) is 91.0 Å². The molecule has 0 N–H and O–H groups in total. The minimum absolute atomic E-state index is 0.290. The zero-order valence-electron chi connectivity index (χ0n) is 18.8. The number of anilines is 2. The summed E-state index contributed by atoms with van der Waals surface area (Å²) in [5.74, 6) is -0.785. The molecule has 4 aromatic carbocycles. The molecule has 0 aromatic heterocycles. The largest absolute Gasteiger partial charge is 0.496 e. The van der Waals surface area contributed by atoms with Gasteiger partial charge < -0.3 is 4.74 Å². The van der Waals surface area contributed by atoms with Gasteiger partial charge in [0.05, 0.1) is 24.5 Å². The summed E-state index contributed by atoms with van der Waals surface area (Å²) in [6.07, 6.45) is -0.949. The molecule has 0 radical (unpaired) electrons. The number of nitrogens with zero attached hydrogens (tertiary/aromatic N) is 2. The van der Waals surface area contributed by atoms with Crippen LogP contribution < -0.4 is 14.7 Å². The molecule has 6 nitrogen and oxygen atoms in total. The molecule has 0 saturated carbocycles. The summed E-state index contributed by atoms with van der Waals surface area (Å²) in [5, 5.41) is 3.48. The monoisotopic (exact) mass is 528 g/mol. The number of ether oxygens (including phenoxy) is 1. The molecular formula is C28H21BrN2O4. The van der Waals surface area contributed by atoms with Gasteiger partial charge in [-0.1, -0.05) is 70.5 Å². The van der Waals surface area contributed by atoms with E-state index in [1.54, 1.807) is 12.2 Å². The number of hydrogen-bond donors (Lipinski definition) is 0. The number of para-hydroxylation sites is 1. The predicted molar refractivity (Wildman–Crippen MR) is 137 cm³/mol. The van der Waals surface area contributed by atoms with Gasteiger partial charge in [0.15, 0.2) is 6.10 Å². The Kier molecular flexibility index (Phi) is 5.31. The van der Waals surface area contributed by atoms with Crippen LogP contribution in [0.5, 0.6) is 5.75 Å². The van der Waals surface area contributed by atoms with Gasteiger partial charge in [0.25, 0.3) is 5.91 Å². The fraction of sp³-hybridized carbons (Fsp3) is 0.143. The van der Waals surface area contributed by atoms with E-state index < -0.39 is 18.1 Å². The van der Waals surface area contributed by atoms with Crippen molar-refractivity contribution in [1.29, 1.82) is 0 Å². The van der Waals surface area contributed by atoms with E-state index >= 15 is 0 Å². The van der Waals surface area contributed by atoms with Crippen LogP contribution >= 0.6 is 15.9 Å². The molecular weight excluding hydrogens is 508 g/mol. The Balaban J connectivity index is 1.50. The third-order valence-corrected chi connectivity index (χ3v) is 7.14. The number of halogens is 1. The van der Waals surface area contributed by atoms with Crippen molar-refractivity contribution in [3.05, 3.63) is 101 Å². The summed E-state index contributed by atoms with van der Waals surface area (Å²) in [7, 11) is 1.59. The molecule has 2 amide bonds. The number of imide groups is 1. The van der Waals surface area contributed by atoms with Crippen LogP contribution in [-0.2, 0) is 14.4 Å². The van der Waals surface area contributed by atoms with Crippen molar-refractivity contribution in [2.75, 3.05) is 17.1 Å². The fourth-order valence-electron chi connectivity index (χ4n) is 5.11. The summed E-state index contributed by atoms with van der Waals surface area (Å²) in [6.45, 7) is 0. The molecule has 7 heteroatoms. The lowest BCUT2D eigenvalue weighted by Gasteiger charge is -2.30. The smallest absolute Gasteiger partial charge is 0.266 e. The first-order valence-electron chi connectivity index (χ1n) is 11.3. The van der Waals surface area contributed by atoms with Crippen LogP contribution in [-0.4, -0.2) is 25.0 Å². The molecule has 0 bridgehead atoms. The van der Waals surface area contributed by atoms with E-state index in [0.29, 0.717) is 11.4 Å². The van der Waals surface area contributed by atoms with Gasteiger partial charge in [-0.3, -0.25) is 14.4 Å². The van der Waals surface area contributed by atoms with Crippen LogP contribution in [0.1, 0.15) is 11.6 Å². The van der Waals surface area contributed by atoms with E-state index in [-0.39, 0.29) is 11.8 Å². The average molecular weight is 529 g/mol. The van der Waals surface area contributed by atoms with Crippen LogP contribution in [0.4, 0.5) is 11.4 Å². The molecule has 3 atom stereocenters. The fourth-order valence-corrected chi connectivity index (χ4v) is 5.49. The van der Waals surface area contributed by atoms with Gasteiger partial charge in [0.2, 0.25) is 5.91 Å². The second kappa shape index (κ2) is 8.52. The van der Waals surface area contributed by atoms with Crippen molar-refractivity contribution >= 4 is 49.9 Å². The number of benzene rings is 4. The summed E-state index contributed by atoms with van der Waals surface area (Å²) >= 11 is 3.55.